The van der Waals surface area contributed by atoms with Crippen molar-refractivity contribution in [3.05, 3.63) is 41.2 Å². The lowest BCUT2D eigenvalue weighted by atomic mass is 9.89. The van der Waals surface area contributed by atoms with E-state index in [2.05, 4.69) is 41.5 Å². The van der Waals surface area contributed by atoms with E-state index in [-0.39, 0.29) is 11.6 Å². The van der Waals surface area contributed by atoms with Crippen molar-refractivity contribution < 1.29 is 4.74 Å². The number of nitrogens with zero attached hydrogens (tertiary/aromatic N) is 1. The standard InChI is InChI=1S/C16H21N3O/c1-10-15(11(2)19-18-10)17-13-9-16(3,4)20-14-8-6-5-7-12(13)14/h5-8,13,17H,9H2,1-4H3,(H,18,19). The van der Waals surface area contributed by atoms with Gasteiger partial charge in [0.25, 0.3) is 0 Å². The second kappa shape index (κ2) is 4.54. The number of anilines is 1. The first-order chi connectivity index (χ1) is 9.46. The molecule has 106 valence electrons. The van der Waals surface area contributed by atoms with Crippen LogP contribution in [0.2, 0.25) is 0 Å². The Labute approximate surface area is 119 Å². The molecular weight excluding hydrogens is 250 g/mol. The van der Waals surface area contributed by atoms with Gasteiger partial charge < -0.3 is 10.1 Å². The van der Waals surface area contributed by atoms with Crippen molar-refractivity contribution in [1.29, 1.82) is 0 Å². The van der Waals surface area contributed by atoms with Crippen LogP contribution in [0.25, 0.3) is 0 Å². The molecule has 0 fully saturated rings. The van der Waals surface area contributed by atoms with E-state index in [4.69, 9.17) is 4.74 Å². The second-order valence-electron chi connectivity index (χ2n) is 6.11. The van der Waals surface area contributed by atoms with E-state index in [1.54, 1.807) is 0 Å². The zero-order valence-corrected chi connectivity index (χ0v) is 12.4. The molecule has 1 aliphatic heterocycles. The Bertz CT molecular complexity index is 611. The van der Waals surface area contributed by atoms with Gasteiger partial charge in [-0.3, -0.25) is 5.10 Å². The predicted octanol–water partition coefficient (Wildman–Crippen LogP) is 3.74. The number of fused-ring (bicyclic) bond motifs is 1. The molecule has 1 aliphatic rings. The molecule has 2 aromatic rings. The van der Waals surface area contributed by atoms with E-state index in [0.717, 1.165) is 29.2 Å². The lowest BCUT2D eigenvalue weighted by molar-refractivity contribution is 0.0759. The fourth-order valence-electron chi connectivity index (χ4n) is 2.87. The Morgan fingerprint density at radius 3 is 2.75 bits per heavy atom. The van der Waals surface area contributed by atoms with E-state index in [1.165, 1.54) is 5.56 Å². The zero-order chi connectivity index (χ0) is 14.3. The molecule has 1 atom stereocenters. The topological polar surface area (TPSA) is 49.9 Å². The molecule has 2 heterocycles. The van der Waals surface area contributed by atoms with Gasteiger partial charge in [-0.15, -0.1) is 0 Å². The third-order valence-electron chi connectivity index (χ3n) is 3.82. The van der Waals surface area contributed by atoms with Crippen molar-refractivity contribution in [3.63, 3.8) is 0 Å². The molecule has 0 aliphatic carbocycles. The van der Waals surface area contributed by atoms with E-state index in [1.807, 2.05) is 26.0 Å². The van der Waals surface area contributed by atoms with Crippen molar-refractivity contribution in [2.45, 2.75) is 45.8 Å². The van der Waals surface area contributed by atoms with Crippen LogP contribution >= 0.6 is 0 Å². The van der Waals surface area contributed by atoms with Crippen LogP contribution in [0.15, 0.2) is 24.3 Å². The average molecular weight is 271 g/mol. The van der Waals surface area contributed by atoms with Crippen molar-refractivity contribution in [2.75, 3.05) is 5.32 Å². The number of H-pyrrole nitrogens is 1. The zero-order valence-electron chi connectivity index (χ0n) is 12.4. The monoisotopic (exact) mass is 271 g/mol. The number of aromatic amines is 1. The highest BCUT2D eigenvalue weighted by molar-refractivity contribution is 5.54. The number of hydrogen-bond donors (Lipinski definition) is 2. The molecule has 1 aromatic heterocycles. The highest BCUT2D eigenvalue weighted by Crippen LogP contribution is 2.41. The summed E-state index contributed by atoms with van der Waals surface area (Å²) in [5.41, 5.74) is 4.22. The first-order valence-electron chi connectivity index (χ1n) is 7.02. The van der Waals surface area contributed by atoms with Crippen molar-refractivity contribution >= 4 is 5.69 Å². The number of para-hydroxylation sites is 1. The molecule has 4 heteroatoms. The van der Waals surface area contributed by atoms with Gasteiger partial charge in [-0.2, -0.15) is 5.10 Å². The summed E-state index contributed by atoms with van der Waals surface area (Å²) in [6.45, 7) is 8.32. The fraction of sp³-hybridized carbons (Fsp3) is 0.438. The van der Waals surface area contributed by atoms with Gasteiger partial charge >= 0.3 is 0 Å². The van der Waals surface area contributed by atoms with E-state index >= 15 is 0 Å². The van der Waals surface area contributed by atoms with Gasteiger partial charge in [0.2, 0.25) is 0 Å². The Kier molecular flexibility index (Phi) is 2.96. The fourth-order valence-corrected chi connectivity index (χ4v) is 2.87. The van der Waals surface area contributed by atoms with Gasteiger partial charge in [0.05, 0.1) is 23.1 Å². The van der Waals surface area contributed by atoms with Crippen LogP contribution in [0.1, 0.15) is 43.3 Å². The molecule has 0 bridgehead atoms. The maximum absolute atomic E-state index is 6.07. The minimum absolute atomic E-state index is 0.169. The molecule has 1 aromatic carbocycles. The van der Waals surface area contributed by atoms with Crippen LogP contribution in [0, 0.1) is 13.8 Å². The Morgan fingerprint density at radius 2 is 2.05 bits per heavy atom. The minimum atomic E-state index is -0.169. The smallest absolute Gasteiger partial charge is 0.125 e. The summed E-state index contributed by atoms with van der Waals surface area (Å²) in [5.74, 6) is 0.972. The summed E-state index contributed by atoms with van der Waals surface area (Å²) < 4.78 is 6.07. The predicted molar refractivity (Wildman–Crippen MR) is 80.2 cm³/mol. The molecule has 0 radical (unpaired) electrons. The van der Waals surface area contributed by atoms with Crippen LogP contribution in [-0.2, 0) is 0 Å². The van der Waals surface area contributed by atoms with Gasteiger partial charge in [-0.1, -0.05) is 18.2 Å². The van der Waals surface area contributed by atoms with Crippen LogP contribution in [0.5, 0.6) is 5.75 Å². The molecule has 0 spiro atoms. The molecule has 0 saturated heterocycles. The number of ether oxygens (including phenoxy) is 1. The van der Waals surface area contributed by atoms with Crippen LogP contribution in [0.4, 0.5) is 5.69 Å². The quantitative estimate of drug-likeness (QED) is 0.874. The van der Waals surface area contributed by atoms with E-state index in [0.29, 0.717) is 0 Å². The lowest BCUT2D eigenvalue weighted by Gasteiger charge is -2.38. The largest absolute Gasteiger partial charge is 0.487 e. The Morgan fingerprint density at radius 1 is 1.30 bits per heavy atom. The summed E-state index contributed by atoms with van der Waals surface area (Å²) in [6, 6.07) is 8.49. The number of aromatic nitrogens is 2. The van der Waals surface area contributed by atoms with Crippen molar-refractivity contribution in [1.82, 2.24) is 10.2 Å². The van der Waals surface area contributed by atoms with Gasteiger partial charge in [-0.25, -0.2) is 0 Å². The third kappa shape index (κ3) is 2.26. The van der Waals surface area contributed by atoms with Crippen LogP contribution in [0.3, 0.4) is 0 Å². The molecule has 0 saturated carbocycles. The van der Waals surface area contributed by atoms with Gasteiger partial charge in [0.15, 0.2) is 0 Å². The van der Waals surface area contributed by atoms with Crippen molar-refractivity contribution in [2.24, 2.45) is 0 Å². The number of benzene rings is 1. The minimum Gasteiger partial charge on any atom is -0.487 e. The molecule has 2 N–H and O–H groups in total. The maximum atomic E-state index is 6.07. The van der Waals surface area contributed by atoms with Crippen LogP contribution in [-0.4, -0.2) is 15.8 Å². The summed E-state index contributed by atoms with van der Waals surface area (Å²) >= 11 is 0. The van der Waals surface area contributed by atoms with Gasteiger partial charge in [0, 0.05) is 12.0 Å². The van der Waals surface area contributed by atoms with E-state index in [9.17, 15) is 0 Å². The van der Waals surface area contributed by atoms with Crippen LogP contribution < -0.4 is 10.1 Å². The molecule has 1 unspecified atom stereocenters. The summed E-state index contributed by atoms with van der Waals surface area (Å²) in [5, 5.41) is 10.9. The maximum Gasteiger partial charge on any atom is 0.125 e. The molecular formula is C16H21N3O. The average Bonchev–Trinajstić information content (AvgIpc) is 2.69. The highest BCUT2D eigenvalue weighted by Gasteiger charge is 2.34. The number of hydrogen-bond acceptors (Lipinski definition) is 3. The highest BCUT2D eigenvalue weighted by atomic mass is 16.5. The SMILES string of the molecule is Cc1n[nH]c(C)c1NC1CC(C)(C)Oc2ccccc21. The number of aryl methyl sites for hydroxylation is 2. The Hall–Kier alpha value is -1.97. The molecule has 0 amide bonds. The summed E-state index contributed by atoms with van der Waals surface area (Å²) in [6.07, 6.45) is 0.925. The lowest BCUT2D eigenvalue weighted by Crippen LogP contribution is -2.37. The second-order valence-corrected chi connectivity index (χ2v) is 6.11. The number of rotatable bonds is 2. The molecule has 4 nitrogen and oxygen atoms in total. The molecule has 20 heavy (non-hydrogen) atoms. The summed E-state index contributed by atoms with van der Waals surface area (Å²) in [7, 11) is 0. The van der Waals surface area contributed by atoms with Gasteiger partial charge in [0.1, 0.15) is 11.4 Å². The van der Waals surface area contributed by atoms with Gasteiger partial charge in [-0.05, 0) is 33.8 Å². The first kappa shape index (κ1) is 13.0. The normalized spacial score (nSPS) is 20.1. The van der Waals surface area contributed by atoms with E-state index < -0.39 is 0 Å². The molecule has 3 rings (SSSR count). The summed E-state index contributed by atoms with van der Waals surface area (Å²) in [4.78, 5) is 0. The third-order valence-corrected chi connectivity index (χ3v) is 3.82. The Balaban J connectivity index is 1.97. The number of nitrogens with one attached hydrogen (secondary N) is 2. The van der Waals surface area contributed by atoms with Crippen molar-refractivity contribution in [3.8, 4) is 5.75 Å². The first-order valence-corrected chi connectivity index (χ1v) is 7.02.